The number of carboxylic acids is 2. The van der Waals surface area contributed by atoms with Gasteiger partial charge in [-0.05, 0) is 32.1 Å². The Bertz CT molecular complexity index is 614. The van der Waals surface area contributed by atoms with Gasteiger partial charge in [0.1, 0.15) is 11.1 Å². The van der Waals surface area contributed by atoms with E-state index in [0.717, 1.165) is 36.6 Å². The van der Waals surface area contributed by atoms with Gasteiger partial charge in [-0.2, -0.15) is 0 Å². The van der Waals surface area contributed by atoms with Crippen LogP contribution in [0.15, 0.2) is 18.3 Å². The monoisotopic (exact) mass is 369 g/mol. The van der Waals surface area contributed by atoms with Crippen molar-refractivity contribution in [3.8, 4) is 5.88 Å². The predicted molar refractivity (Wildman–Crippen MR) is 96.0 cm³/mol. The van der Waals surface area contributed by atoms with E-state index in [1.54, 1.807) is 6.20 Å². The summed E-state index contributed by atoms with van der Waals surface area (Å²) < 4.78 is 6.03. The lowest BCUT2D eigenvalue weighted by molar-refractivity contribution is -0.159. The van der Waals surface area contributed by atoms with Crippen LogP contribution < -0.4 is 4.74 Å². The highest BCUT2D eigenvalue weighted by molar-refractivity contribution is 7.80. The van der Waals surface area contributed by atoms with Crippen LogP contribution >= 0.6 is 12.2 Å². The molecular weight excluding hydrogens is 346 g/mol. The number of thiocarbonyl (C=S) groups is 1. The topological polar surface area (TPSA) is 103 Å². The van der Waals surface area contributed by atoms with E-state index in [-0.39, 0.29) is 6.10 Å². The standard InChI is InChI=1S/C14H21N3OS.C2H2O4/c1-4-16(2)9-7-11-10-17(3)14(19)12-6-5-8-15-13(12)18-11;3-1(4)2(5)6/h5-6,8,11H,4,7,9-10H2,1-3H3;(H,3,4)(H,5,6). The minimum Gasteiger partial charge on any atom is -0.473 e. The normalized spacial score (nSPS) is 16.2. The predicted octanol–water partition coefficient (Wildman–Crippen LogP) is 0.947. The number of ether oxygens (including phenoxy) is 1. The van der Waals surface area contributed by atoms with Gasteiger partial charge >= 0.3 is 11.9 Å². The molecule has 2 N–H and O–H groups in total. The largest absolute Gasteiger partial charge is 0.473 e. The minimum atomic E-state index is -1.82. The number of rotatable bonds is 4. The van der Waals surface area contributed by atoms with E-state index in [1.165, 1.54) is 0 Å². The number of carbonyl (C=O) groups is 2. The van der Waals surface area contributed by atoms with Crippen molar-refractivity contribution < 1.29 is 24.5 Å². The molecular formula is C16H23N3O5S. The molecule has 0 aliphatic carbocycles. The van der Waals surface area contributed by atoms with Crippen molar-refractivity contribution in [3.05, 3.63) is 23.9 Å². The Morgan fingerprint density at radius 3 is 2.64 bits per heavy atom. The summed E-state index contributed by atoms with van der Waals surface area (Å²) in [5.41, 5.74) is 0.923. The summed E-state index contributed by atoms with van der Waals surface area (Å²) in [6, 6.07) is 3.87. The van der Waals surface area contributed by atoms with Gasteiger partial charge in [0.2, 0.25) is 5.88 Å². The van der Waals surface area contributed by atoms with Crippen LogP contribution in [0, 0.1) is 0 Å². The average Bonchev–Trinajstić information content (AvgIpc) is 2.70. The van der Waals surface area contributed by atoms with Crippen molar-refractivity contribution in [2.75, 3.05) is 33.7 Å². The molecule has 9 heteroatoms. The van der Waals surface area contributed by atoms with Crippen molar-refractivity contribution in [2.45, 2.75) is 19.4 Å². The molecule has 25 heavy (non-hydrogen) atoms. The zero-order valence-electron chi connectivity index (χ0n) is 14.5. The number of fused-ring (bicyclic) bond motifs is 1. The molecule has 1 unspecified atom stereocenters. The Morgan fingerprint density at radius 1 is 1.44 bits per heavy atom. The second-order valence-corrected chi connectivity index (χ2v) is 5.96. The molecule has 0 spiro atoms. The molecule has 0 aromatic carbocycles. The number of likely N-dealkylation sites (N-methyl/N-ethyl adjacent to an activating group) is 1. The number of hydrogen-bond acceptors (Lipinski definition) is 6. The second kappa shape index (κ2) is 9.90. The fourth-order valence-electron chi connectivity index (χ4n) is 2.11. The van der Waals surface area contributed by atoms with Crippen LogP contribution in [0.3, 0.4) is 0 Å². The number of pyridine rings is 1. The van der Waals surface area contributed by atoms with Gasteiger partial charge in [0.15, 0.2) is 0 Å². The molecule has 1 aliphatic heterocycles. The smallest absolute Gasteiger partial charge is 0.414 e. The quantitative estimate of drug-likeness (QED) is 0.593. The Morgan fingerprint density at radius 2 is 2.08 bits per heavy atom. The van der Waals surface area contributed by atoms with Gasteiger partial charge in [-0.25, -0.2) is 14.6 Å². The first-order valence-corrected chi connectivity index (χ1v) is 8.19. The van der Waals surface area contributed by atoms with Crippen LogP contribution in [0.2, 0.25) is 0 Å². The van der Waals surface area contributed by atoms with Crippen molar-refractivity contribution in [1.29, 1.82) is 0 Å². The van der Waals surface area contributed by atoms with Crippen LogP contribution in [0.1, 0.15) is 18.9 Å². The molecule has 1 atom stereocenters. The van der Waals surface area contributed by atoms with Crippen molar-refractivity contribution in [2.24, 2.45) is 0 Å². The maximum atomic E-state index is 9.10. The van der Waals surface area contributed by atoms with E-state index >= 15 is 0 Å². The molecule has 0 bridgehead atoms. The van der Waals surface area contributed by atoms with Gasteiger partial charge in [0.25, 0.3) is 0 Å². The van der Waals surface area contributed by atoms with Crippen LogP contribution in [0.25, 0.3) is 0 Å². The zero-order chi connectivity index (χ0) is 19.0. The summed E-state index contributed by atoms with van der Waals surface area (Å²) in [6.07, 6.45) is 2.86. The summed E-state index contributed by atoms with van der Waals surface area (Å²) in [5, 5.41) is 14.8. The van der Waals surface area contributed by atoms with Crippen molar-refractivity contribution >= 4 is 29.1 Å². The molecule has 0 saturated heterocycles. The summed E-state index contributed by atoms with van der Waals surface area (Å²) >= 11 is 5.48. The zero-order valence-corrected chi connectivity index (χ0v) is 15.3. The molecule has 2 rings (SSSR count). The Hall–Kier alpha value is -2.26. The molecule has 1 aliphatic rings. The number of hydrogen-bond donors (Lipinski definition) is 2. The number of nitrogens with zero attached hydrogens (tertiary/aromatic N) is 3. The first-order chi connectivity index (χ1) is 11.8. The lowest BCUT2D eigenvalue weighted by Crippen LogP contribution is -2.35. The third kappa shape index (κ3) is 6.63. The van der Waals surface area contributed by atoms with E-state index in [4.69, 9.17) is 36.8 Å². The fourth-order valence-corrected chi connectivity index (χ4v) is 2.34. The average molecular weight is 369 g/mol. The van der Waals surface area contributed by atoms with Gasteiger partial charge in [0.05, 0.1) is 12.1 Å². The van der Waals surface area contributed by atoms with Gasteiger partial charge in [-0.15, -0.1) is 0 Å². The van der Waals surface area contributed by atoms with Crippen LogP contribution in [0.5, 0.6) is 5.88 Å². The Kier molecular flexibility index (Phi) is 8.23. The van der Waals surface area contributed by atoms with Crippen LogP contribution in [-0.4, -0.2) is 81.8 Å². The van der Waals surface area contributed by atoms with E-state index in [2.05, 4.69) is 28.8 Å². The van der Waals surface area contributed by atoms with Gasteiger partial charge in [0, 0.05) is 19.8 Å². The molecule has 1 aromatic heterocycles. The Balaban J connectivity index is 0.000000450. The molecule has 138 valence electrons. The first-order valence-electron chi connectivity index (χ1n) is 7.78. The first kappa shape index (κ1) is 20.8. The summed E-state index contributed by atoms with van der Waals surface area (Å²) in [5.74, 6) is -2.98. The minimum absolute atomic E-state index is 0.132. The molecule has 0 radical (unpaired) electrons. The van der Waals surface area contributed by atoms with E-state index < -0.39 is 11.9 Å². The lowest BCUT2D eigenvalue weighted by Gasteiger charge is -2.23. The third-order valence-corrected chi connectivity index (χ3v) is 4.19. The number of aromatic nitrogens is 1. The van der Waals surface area contributed by atoms with Crippen LogP contribution in [0.4, 0.5) is 0 Å². The second-order valence-electron chi connectivity index (χ2n) is 5.58. The molecule has 0 amide bonds. The van der Waals surface area contributed by atoms with Gasteiger partial charge < -0.3 is 24.7 Å². The highest BCUT2D eigenvalue weighted by atomic mass is 32.1. The lowest BCUT2D eigenvalue weighted by atomic mass is 10.2. The van der Waals surface area contributed by atoms with Crippen molar-refractivity contribution in [1.82, 2.24) is 14.8 Å². The SMILES string of the molecule is CCN(C)CCC1CN(C)C(=S)c2cccnc2O1.O=C(O)C(=O)O. The third-order valence-electron chi connectivity index (χ3n) is 3.66. The molecule has 2 heterocycles. The maximum Gasteiger partial charge on any atom is 0.414 e. The number of carboxylic acid groups (broad SMARTS) is 2. The van der Waals surface area contributed by atoms with Gasteiger partial charge in [-0.1, -0.05) is 19.1 Å². The van der Waals surface area contributed by atoms with Crippen LogP contribution in [-0.2, 0) is 9.59 Å². The Labute approximate surface area is 152 Å². The highest BCUT2D eigenvalue weighted by Crippen LogP contribution is 2.23. The van der Waals surface area contributed by atoms with E-state index in [9.17, 15) is 0 Å². The van der Waals surface area contributed by atoms with Crippen molar-refractivity contribution in [3.63, 3.8) is 0 Å². The molecule has 1 aromatic rings. The molecule has 0 saturated carbocycles. The van der Waals surface area contributed by atoms with E-state index in [0.29, 0.717) is 5.88 Å². The van der Waals surface area contributed by atoms with Gasteiger partial charge in [-0.3, -0.25) is 0 Å². The summed E-state index contributed by atoms with van der Waals surface area (Å²) in [7, 11) is 4.14. The maximum absolute atomic E-state index is 9.10. The fraction of sp³-hybridized carbons (Fsp3) is 0.500. The summed E-state index contributed by atoms with van der Waals surface area (Å²) in [6.45, 7) is 5.04. The van der Waals surface area contributed by atoms with E-state index in [1.807, 2.05) is 19.2 Å². The molecule has 0 fully saturated rings. The highest BCUT2D eigenvalue weighted by Gasteiger charge is 2.24. The summed E-state index contributed by atoms with van der Waals surface area (Å²) in [4.78, 5) is 27.7. The molecule has 8 nitrogen and oxygen atoms in total. The number of aliphatic carboxylic acids is 2.